The number of rotatable bonds is 7. The standard InChI is InChI=1S/C25H28FN3O3/c1-24(2)16-12-13-25(24,3)21(14-16)28-29-23(31)17-8-4-7-11-20(17)32-15-22(30)27-19-10-6-5-9-18(19)26/h4-11,14,16,28H,12-13,15H2,1-3H3,(H,27,30)(H,29,31)/t16-,25+/m1/s1. The van der Waals surface area contributed by atoms with Crippen molar-refractivity contribution >= 4 is 17.5 Å². The molecule has 168 valence electrons. The van der Waals surface area contributed by atoms with Gasteiger partial charge in [0.15, 0.2) is 6.61 Å². The number of carbonyl (C=O) groups excluding carboxylic acids is 2. The molecule has 0 aliphatic heterocycles. The van der Waals surface area contributed by atoms with E-state index < -0.39 is 11.7 Å². The topological polar surface area (TPSA) is 79.5 Å². The monoisotopic (exact) mass is 437 g/mol. The number of fused-ring (bicyclic) bond motifs is 2. The number of amides is 2. The highest BCUT2D eigenvalue weighted by atomic mass is 19.1. The normalized spacial score (nSPS) is 22.8. The molecule has 0 spiro atoms. The fourth-order valence-electron chi connectivity index (χ4n) is 4.74. The third-order valence-corrected chi connectivity index (χ3v) is 7.22. The molecule has 3 N–H and O–H groups in total. The van der Waals surface area contributed by atoms with E-state index >= 15 is 0 Å². The Balaban J connectivity index is 1.37. The first-order valence-electron chi connectivity index (χ1n) is 10.8. The second kappa shape index (κ2) is 8.30. The third kappa shape index (κ3) is 3.83. The Morgan fingerprint density at radius 3 is 2.50 bits per heavy atom. The van der Waals surface area contributed by atoms with Gasteiger partial charge in [0.05, 0.1) is 11.3 Å². The Hall–Kier alpha value is -3.35. The SMILES string of the molecule is CC1(C)[C@H]2C=C(NNC(=O)c3ccccc3OCC(=O)Nc3ccccc3F)[C@]1(C)CC2. The van der Waals surface area contributed by atoms with E-state index in [1.807, 2.05) is 0 Å². The third-order valence-electron chi connectivity index (χ3n) is 7.22. The predicted octanol–water partition coefficient (Wildman–Crippen LogP) is 4.42. The fourth-order valence-corrected chi connectivity index (χ4v) is 4.74. The van der Waals surface area contributed by atoms with E-state index in [9.17, 15) is 14.0 Å². The van der Waals surface area contributed by atoms with Crippen LogP contribution in [0.3, 0.4) is 0 Å². The van der Waals surface area contributed by atoms with Gasteiger partial charge in [-0.05, 0) is 48.4 Å². The molecule has 1 fully saturated rings. The van der Waals surface area contributed by atoms with Crippen LogP contribution >= 0.6 is 0 Å². The van der Waals surface area contributed by atoms with Crippen LogP contribution in [0, 0.1) is 22.6 Å². The summed E-state index contributed by atoms with van der Waals surface area (Å²) >= 11 is 0. The van der Waals surface area contributed by atoms with Crippen LogP contribution in [0.15, 0.2) is 60.3 Å². The zero-order valence-corrected chi connectivity index (χ0v) is 18.5. The van der Waals surface area contributed by atoms with Crippen molar-refractivity contribution in [1.82, 2.24) is 10.9 Å². The Morgan fingerprint density at radius 2 is 1.81 bits per heavy atom. The molecule has 2 aliphatic carbocycles. The van der Waals surface area contributed by atoms with E-state index in [4.69, 9.17) is 4.74 Å². The lowest BCUT2D eigenvalue weighted by molar-refractivity contribution is -0.118. The van der Waals surface area contributed by atoms with Crippen LogP contribution in [-0.4, -0.2) is 18.4 Å². The predicted molar refractivity (Wildman–Crippen MR) is 120 cm³/mol. The molecule has 0 heterocycles. The van der Waals surface area contributed by atoms with Crippen molar-refractivity contribution in [3.05, 3.63) is 71.7 Å². The highest BCUT2D eigenvalue weighted by molar-refractivity contribution is 5.97. The first-order valence-corrected chi connectivity index (χ1v) is 10.8. The van der Waals surface area contributed by atoms with E-state index in [1.165, 1.54) is 12.1 Å². The summed E-state index contributed by atoms with van der Waals surface area (Å²) in [5, 5.41) is 2.46. The van der Waals surface area contributed by atoms with Crippen LogP contribution in [0.4, 0.5) is 10.1 Å². The molecule has 2 atom stereocenters. The van der Waals surface area contributed by atoms with E-state index in [2.05, 4.69) is 43.0 Å². The number of hydrogen-bond donors (Lipinski definition) is 3. The maximum Gasteiger partial charge on any atom is 0.273 e. The Kier molecular flexibility index (Phi) is 5.67. The van der Waals surface area contributed by atoms with E-state index in [1.54, 1.807) is 36.4 Å². The zero-order chi connectivity index (χ0) is 22.9. The molecule has 0 unspecified atom stereocenters. The minimum atomic E-state index is -0.529. The number of benzene rings is 2. The van der Waals surface area contributed by atoms with Gasteiger partial charge in [-0.3, -0.25) is 15.0 Å². The average molecular weight is 438 g/mol. The molecule has 2 amide bonds. The number of hydrazine groups is 1. The van der Waals surface area contributed by atoms with Crippen molar-refractivity contribution in [2.24, 2.45) is 16.7 Å². The molecule has 0 radical (unpaired) electrons. The molecule has 0 aromatic heterocycles. The van der Waals surface area contributed by atoms with Crippen LogP contribution in [0.1, 0.15) is 44.0 Å². The second-order valence-electron chi connectivity index (χ2n) is 9.17. The number of hydrogen-bond acceptors (Lipinski definition) is 4. The second-order valence-corrected chi connectivity index (χ2v) is 9.17. The van der Waals surface area contributed by atoms with Crippen LogP contribution in [0.5, 0.6) is 5.75 Å². The number of ether oxygens (including phenoxy) is 1. The quantitative estimate of drug-likeness (QED) is 0.561. The summed E-state index contributed by atoms with van der Waals surface area (Å²) in [6.45, 7) is 6.42. The molecular weight excluding hydrogens is 409 g/mol. The largest absolute Gasteiger partial charge is 0.483 e. The van der Waals surface area contributed by atoms with E-state index in [-0.39, 0.29) is 34.8 Å². The number of carbonyl (C=O) groups is 2. The summed E-state index contributed by atoms with van der Waals surface area (Å²) in [6, 6.07) is 12.6. The van der Waals surface area contributed by atoms with E-state index in [0.29, 0.717) is 11.5 Å². The molecule has 32 heavy (non-hydrogen) atoms. The maximum atomic E-state index is 13.7. The average Bonchev–Trinajstić information content (AvgIpc) is 3.11. The van der Waals surface area contributed by atoms with Gasteiger partial charge in [-0.1, -0.05) is 51.1 Å². The summed E-state index contributed by atoms with van der Waals surface area (Å²) in [4.78, 5) is 25.0. The Bertz CT molecular complexity index is 1080. The molecule has 1 saturated carbocycles. The molecule has 6 nitrogen and oxygen atoms in total. The first-order chi connectivity index (χ1) is 15.2. The number of anilines is 1. The van der Waals surface area contributed by atoms with Crippen LogP contribution in [0.25, 0.3) is 0 Å². The van der Waals surface area contributed by atoms with Crippen molar-refractivity contribution in [3.8, 4) is 5.75 Å². The van der Waals surface area contributed by atoms with Gasteiger partial charge in [0.25, 0.3) is 11.8 Å². The van der Waals surface area contributed by atoms with Crippen molar-refractivity contribution in [2.75, 3.05) is 11.9 Å². The summed E-state index contributed by atoms with van der Waals surface area (Å²) in [5.41, 5.74) is 7.45. The number of para-hydroxylation sites is 2. The Morgan fingerprint density at radius 1 is 1.09 bits per heavy atom. The van der Waals surface area contributed by atoms with Crippen LogP contribution in [-0.2, 0) is 4.79 Å². The van der Waals surface area contributed by atoms with E-state index in [0.717, 1.165) is 18.5 Å². The van der Waals surface area contributed by atoms with Gasteiger partial charge < -0.3 is 15.5 Å². The maximum absolute atomic E-state index is 13.7. The van der Waals surface area contributed by atoms with Gasteiger partial charge >= 0.3 is 0 Å². The summed E-state index contributed by atoms with van der Waals surface area (Å²) in [6.07, 6.45) is 4.46. The lowest BCUT2D eigenvalue weighted by Gasteiger charge is -2.37. The molecule has 0 saturated heterocycles. The molecule has 2 aliphatic rings. The molecule has 2 aromatic rings. The van der Waals surface area contributed by atoms with Gasteiger partial charge in [0, 0.05) is 11.1 Å². The lowest BCUT2D eigenvalue weighted by atomic mass is 9.69. The summed E-state index contributed by atoms with van der Waals surface area (Å²) in [5.74, 6) is -0.649. The minimum Gasteiger partial charge on any atom is -0.483 e. The van der Waals surface area contributed by atoms with Gasteiger partial charge in [-0.25, -0.2) is 4.39 Å². The van der Waals surface area contributed by atoms with Crippen molar-refractivity contribution in [1.29, 1.82) is 0 Å². The number of nitrogens with one attached hydrogen (secondary N) is 3. The summed E-state index contributed by atoms with van der Waals surface area (Å²) in [7, 11) is 0. The molecule has 2 bridgehead atoms. The first kappa shape index (κ1) is 21.9. The smallest absolute Gasteiger partial charge is 0.273 e. The van der Waals surface area contributed by atoms with Gasteiger partial charge in [-0.15, -0.1) is 0 Å². The molecular formula is C25H28FN3O3. The highest BCUT2D eigenvalue weighted by Gasteiger charge is 2.57. The Labute approximate surface area is 187 Å². The zero-order valence-electron chi connectivity index (χ0n) is 18.5. The van der Waals surface area contributed by atoms with Crippen molar-refractivity contribution in [3.63, 3.8) is 0 Å². The summed E-state index contributed by atoms with van der Waals surface area (Å²) < 4.78 is 19.3. The fraction of sp³-hybridized carbons (Fsp3) is 0.360. The minimum absolute atomic E-state index is 0.00817. The molecule has 2 aromatic carbocycles. The van der Waals surface area contributed by atoms with Crippen LogP contribution < -0.4 is 20.9 Å². The van der Waals surface area contributed by atoms with Crippen molar-refractivity contribution < 1.29 is 18.7 Å². The van der Waals surface area contributed by atoms with Gasteiger partial charge in [-0.2, -0.15) is 0 Å². The highest BCUT2D eigenvalue weighted by Crippen LogP contribution is 2.64. The van der Waals surface area contributed by atoms with Crippen molar-refractivity contribution in [2.45, 2.75) is 33.6 Å². The number of allylic oxidation sites excluding steroid dienone is 2. The molecule has 4 rings (SSSR count). The number of halogens is 1. The van der Waals surface area contributed by atoms with Gasteiger partial charge in [0.2, 0.25) is 0 Å². The molecule has 7 heteroatoms. The van der Waals surface area contributed by atoms with Gasteiger partial charge in [0.1, 0.15) is 11.6 Å². The van der Waals surface area contributed by atoms with Crippen LogP contribution in [0.2, 0.25) is 0 Å². The lowest BCUT2D eigenvalue weighted by Crippen LogP contribution is -2.43.